The quantitative estimate of drug-likeness (QED) is 0.688. The summed E-state index contributed by atoms with van der Waals surface area (Å²) in [6.45, 7) is 2.53. The average molecular weight is 419 g/mol. The van der Waals surface area contributed by atoms with Crippen LogP contribution in [0.15, 0.2) is 48.5 Å². The topological polar surface area (TPSA) is 87.9 Å². The van der Waals surface area contributed by atoms with Crippen molar-refractivity contribution in [3.8, 4) is 5.75 Å². The van der Waals surface area contributed by atoms with Gasteiger partial charge in [-0.2, -0.15) is 0 Å². The first-order valence-electron chi connectivity index (χ1n) is 9.40. The fraction of sp³-hybridized carbons (Fsp3) is 0.333. The van der Waals surface area contributed by atoms with Crippen LogP contribution < -0.4 is 20.7 Å². The molecule has 7 nitrogen and oxygen atoms in total. The van der Waals surface area contributed by atoms with E-state index in [0.717, 1.165) is 6.42 Å². The van der Waals surface area contributed by atoms with Crippen LogP contribution in [0.4, 0.5) is 10.5 Å². The normalized spacial score (nSPS) is 12.9. The first-order valence-corrected chi connectivity index (χ1v) is 9.40. The van der Waals surface area contributed by atoms with Gasteiger partial charge in [-0.15, -0.1) is 12.4 Å². The molecule has 1 saturated heterocycles. The second-order valence-electron chi connectivity index (χ2n) is 6.59. The first kappa shape index (κ1) is 22.5. The lowest BCUT2D eigenvalue weighted by Gasteiger charge is -2.24. The summed E-state index contributed by atoms with van der Waals surface area (Å²) in [4.78, 5) is 28.5. The lowest BCUT2D eigenvalue weighted by molar-refractivity contribution is 0.0762. The van der Waals surface area contributed by atoms with Crippen LogP contribution in [0.1, 0.15) is 15.9 Å². The molecule has 0 atom stereocenters. The summed E-state index contributed by atoms with van der Waals surface area (Å²) in [7, 11) is 1.55. The number of benzene rings is 2. The molecule has 3 rings (SSSR count). The highest BCUT2D eigenvalue weighted by Gasteiger charge is 2.26. The number of methoxy groups -OCH3 is 1. The zero-order chi connectivity index (χ0) is 19.9. The predicted molar refractivity (Wildman–Crippen MR) is 116 cm³/mol. The third-order valence-corrected chi connectivity index (χ3v) is 4.77. The molecule has 156 valence electrons. The van der Waals surface area contributed by atoms with E-state index in [1.807, 2.05) is 30.3 Å². The number of amides is 3. The Morgan fingerprint density at radius 3 is 2.59 bits per heavy atom. The number of halogens is 1. The lowest BCUT2D eigenvalue weighted by Crippen LogP contribution is -2.37. The molecule has 0 aromatic heterocycles. The number of carbonyl (C=O) groups is 2. The number of rotatable bonds is 8. The highest BCUT2D eigenvalue weighted by molar-refractivity contribution is 6.00. The minimum atomic E-state index is -0.189. The number of nitrogens with two attached hydrogens (primary N) is 1. The van der Waals surface area contributed by atoms with Crippen molar-refractivity contribution in [1.29, 1.82) is 0 Å². The molecule has 2 aromatic rings. The standard InChI is InChI=1S/C21H26N4O3.ClH/c1-28-19-8-7-17(15-18(19)25-14-11-23-21(25)27)20(26)24(13-10-22)12-9-16-5-3-2-4-6-16;/h2-8,15H,9-14,22H2,1H3,(H,23,27);1H. The largest absolute Gasteiger partial charge is 0.495 e. The maximum atomic E-state index is 13.1. The van der Waals surface area contributed by atoms with Crippen molar-refractivity contribution >= 4 is 30.0 Å². The van der Waals surface area contributed by atoms with E-state index < -0.39 is 0 Å². The Morgan fingerprint density at radius 2 is 1.97 bits per heavy atom. The van der Waals surface area contributed by atoms with E-state index in [0.29, 0.717) is 49.7 Å². The summed E-state index contributed by atoms with van der Waals surface area (Å²) in [6.07, 6.45) is 0.754. The molecule has 1 aliphatic rings. The fourth-order valence-corrected chi connectivity index (χ4v) is 3.30. The molecule has 8 heteroatoms. The van der Waals surface area contributed by atoms with Crippen molar-refractivity contribution in [2.45, 2.75) is 6.42 Å². The average Bonchev–Trinajstić information content (AvgIpc) is 3.16. The van der Waals surface area contributed by atoms with Crippen LogP contribution in [0.3, 0.4) is 0 Å². The molecule has 0 unspecified atom stereocenters. The van der Waals surface area contributed by atoms with E-state index in [9.17, 15) is 9.59 Å². The van der Waals surface area contributed by atoms with Gasteiger partial charge in [-0.05, 0) is 30.2 Å². The molecule has 0 aliphatic carbocycles. The smallest absolute Gasteiger partial charge is 0.322 e. The maximum absolute atomic E-state index is 13.1. The molecule has 0 bridgehead atoms. The van der Waals surface area contributed by atoms with E-state index in [-0.39, 0.29) is 24.3 Å². The van der Waals surface area contributed by atoms with Gasteiger partial charge in [0.05, 0.1) is 12.8 Å². The number of urea groups is 1. The number of nitrogens with one attached hydrogen (secondary N) is 1. The van der Waals surface area contributed by atoms with Gasteiger partial charge < -0.3 is 20.7 Å². The number of carbonyl (C=O) groups excluding carboxylic acids is 2. The molecule has 2 aromatic carbocycles. The summed E-state index contributed by atoms with van der Waals surface area (Å²) in [5, 5.41) is 2.77. The third kappa shape index (κ3) is 5.40. The predicted octanol–water partition coefficient (Wildman–Crippen LogP) is 2.29. The summed E-state index contributed by atoms with van der Waals surface area (Å²) in [6, 6.07) is 15.0. The molecule has 1 aliphatic heterocycles. The Morgan fingerprint density at radius 1 is 1.21 bits per heavy atom. The van der Waals surface area contributed by atoms with Crippen molar-refractivity contribution in [1.82, 2.24) is 10.2 Å². The molecule has 3 amide bonds. The molecule has 0 saturated carbocycles. The van der Waals surface area contributed by atoms with Crippen molar-refractivity contribution in [2.24, 2.45) is 5.73 Å². The Bertz CT molecular complexity index is 832. The van der Waals surface area contributed by atoms with Gasteiger partial charge in [0.15, 0.2) is 0 Å². The summed E-state index contributed by atoms with van der Waals surface area (Å²) < 4.78 is 5.39. The van der Waals surface area contributed by atoms with Crippen molar-refractivity contribution in [2.75, 3.05) is 44.7 Å². The van der Waals surface area contributed by atoms with Gasteiger partial charge in [0.2, 0.25) is 0 Å². The highest BCUT2D eigenvalue weighted by atomic mass is 35.5. The van der Waals surface area contributed by atoms with Crippen LogP contribution in [0, 0.1) is 0 Å². The Labute approximate surface area is 177 Å². The van der Waals surface area contributed by atoms with Crippen molar-refractivity contribution in [3.05, 3.63) is 59.7 Å². The summed E-state index contributed by atoms with van der Waals surface area (Å²) >= 11 is 0. The second-order valence-corrected chi connectivity index (χ2v) is 6.59. The molecule has 0 radical (unpaired) electrons. The van der Waals surface area contributed by atoms with Gasteiger partial charge in [-0.25, -0.2) is 4.79 Å². The number of hydrogen-bond donors (Lipinski definition) is 2. The summed E-state index contributed by atoms with van der Waals surface area (Å²) in [5.74, 6) is 0.452. The SMILES string of the molecule is COc1ccc(C(=O)N(CCN)CCc2ccccc2)cc1N1CCNC1=O.Cl. The second kappa shape index (κ2) is 10.7. The molecular weight excluding hydrogens is 392 g/mol. The third-order valence-electron chi connectivity index (χ3n) is 4.77. The van der Waals surface area contributed by atoms with E-state index in [1.165, 1.54) is 5.56 Å². The van der Waals surface area contributed by atoms with Crippen LogP contribution in [-0.2, 0) is 6.42 Å². The minimum absolute atomic E-state index is 0. The van der Waals surface area contributed by atoms with E-state index >= 15 is 0 Å². The van der Waals surface area contributed by atoms with Gasteiger partial charge in [-0.3, -0.25) is 9.69 Å². The van der Waals surface area contributed by atoms with E-state index in [4.69, 9.17) is 10.5 Å². The van der Waals surface area contributed by atoms with Crippen LogP contribution >= 0.6 is 12.4 Å². The number of ether oxygens (including phenoxy) is 1. The molecular formula is C21H27ClN4O3. The molecule has 1 heterocycles. The molecule has 0 spiro atoms. The van der Waals surface area contributed by atoms with Gasteiger partial charge in [0, 0.05) is 38.3 Å². The Balaban J connectivity index is 0.00000300. The maximum Gasteiger partial charge on any atom is 0.322 e. The Kier molecular flexibility index (Phi) is 8.30. The van der Waals surface area contributed by atoms with Crippen molar-refractivity contribution < 1.29 is 14.3 Å². The Hall–Kier alpha value is -2.77. The molecule has 1 fully saturated rings. The molecule has 3 N–H and O–H groups in total. The van der Waals surface area contributed by atoms with E-state index in [1.54, 1.807) is 35.1 Å². The van der Waals surface area contributed by atoms with Gasteiger partial charge in [0.25, 0.3) is 5.91 Å². The number of hydrogen-bond acceptors (Lipinski definition) is 4. The van der Waals surface area contributed by atoms with E-state index in [2.05, 4.69) is 5.32 Å². The van der Waals surface area contributed by atoms with Crippen LogP contribution in [0.2, 0.25) is 0 Å². The fourth-order valence-electron chi connectivity index (χ4n) is 3.30. The number of nitrogens with zero attached hydrogens (tertiary/aromatic N) is 2. The van der Waals surface area contributed by atoms with Gasteiger partial charge in [-0.1, -0.05) is 30.3 Å². The van der Waals surface area contributed by atoms with Crippen molar-refractivity contribution in [3.63, 3.8) is 0 Å². The first-order chi connectivity index (χ1) is 13.6. The zero-order valence-corrected chi connectivity index (χ0v) is 17.3. The van der Waals surface area contributed by atoms with Crippen LogP contribution in [0.5, 0.6) is 5.75 Å². The molecule has 29 heavy (non-hydrogen) atoms. The monoisotopic (exact) mass is 418 g/mol. The van der Waals surface area contributed by atoms with Gasteiger partial charge >= 0.3 is 6.03 Å². The zero-order valence-electron chi connectivity index (χ0n) is 16.5. The van der Waals surface area contributed by atoms with Crippen LogP contribution in [0.25, 0.3) is 0 Å². The lowest BCUT2D eigenvalue weighted by atomic mass is 10.1. The minimum Gasteiger partial charge on any atom is -0.495 e. The number of anilines is 1. The van der Waals surface area contributed by atoms with Crippen LogP contribution in [-0.4, -0.2) is 56.7 Å². The summed E-state index contributed by atoms with van der Waals surface area (Å²) in [5.41, 5.74) is 8.01. The van der Waals surface area contributed by atoms with Gasteiger partial charge in [0.1, 0.15) is 5.75 Å². The highest BCUT2D eigenvalue weighted by Crippen LogP contribution is 2.31.